The standard InChI is InChI=1S/3C13H10NO2.C2H6O.Bi/c3*15-13(11-7-3-1-4-8-11)14(16)12-9-5-2-6-10-12;1-2-3;/h3*1-10H;3H,2H2,1H3;/q3*-1;;+3. The van der Waals surface area contributed by atoms with Crippen LogP contribution in [0.15, 0.2) is 182 Å². The van der Waals surface area contributed by atoms with Gasteiger partial charge in [-0.15, -0.1) is 0 Å². The van der Waals surface area contributed by atoms with Gasteiger partial charge in [-0.2, -0.15) is 0 Å². The number of anilines is 3. The fraction of sp³-hybridized carbons (Fsp3) is 0.0488. The second-order valence-electron chi connectivity index (χ2n) is 10.2. The van der Waals surface area contributed by atoms with Crippen LogP contribution in [-0.4, -0.2) is 55.6 Å². The number of aliphatic hydroxyl groups excluding tert-OH is 1. The van der Waals surface area contributed by atoms with Crippen molar-refractivity contribution in [2.45, 2.75) is 6.92 Å². The van der Waals surface area contributed by atoms with E-state index in [0.29, 0.717) is 48.9 Å². The van der Waals surface area contributed by atoms with Crippen LogP contribution in [0.3, 0.4) is 0 Å². The number of aliphatic hydroxyl groups is 1. The van der Waals surface area contributed by atoms with Crippen molar-refractivity contribution < 1.29 is 19.5 Å². The molecule has 0 atom stereocenters. The molecular weight excluding hydrogens is 855 g/mol. The Bertz CT molecular complexity index is 1650. The fourth-order valence-electron chi connectivity index (χ4n) is 4.14. The molecule has 0 aliphatic rings. The van der Waals surface area contributed by atoms with E-state index in [0.717, 1.165) is 0 Å². The van der Waals surface area contributed by atoms with Crippen molar-refractivity contribution in [1.29, 1.82) is 0 Å². The van der Waals surface area contributed by atoms with Crippen molar-refractivity contribution in [3.8, 4) is 0 Å². The van der Waals surface area contributed by atoms with E-state index in [1.807, 2.05) is 0 Å². The quantitative estimate of drug-likeness (QED) is 0.131. The van der Waals surface area contributed by atoms with Gasteiger partial charge in [-0.25, -0.2) is 0 Å². The molecule has 0 spiro atoms. The van der Waals surface area contributed by atoms with Crippen molar-refractivity contribution in [1.82, 2.24) is 0 Å². The molecule has 6 rings (SSSR count). The third-order valence-electron chi connectivity index (χ3n) is 6.59. The minimum absolute atomic E-state index is 0. The maximum atomic E-state index is 11.8. The molecule has 10 nitrogen and oxygen atoms in total. The molecule has 0 aliphatic heterocycles. The number of hydrogen-bond acceptors (Lipinski definition) is 7. The van der Waals surface area contributed by atoms with Gasteiger partial charge in [-0.3, -0.25) is 14.4 Å². The zero-order valence-corrected chi connectivity index (χ0v) is 31.7. The number of carbonyl (C=O) groups excluding carboxylic acids is 3. The molecule has 262 valence electrons. The predicted molar refractivity (Wildman–Crippen MR) is 208 cm³/mol. The first kappa shape index (κ1) is 42.6. The molecule has 0 aromatic heterocycles. The largest absolute Gasteiger partial charge is 3.00 e. The normalized spacial score (nSPS) is 9.40. The van der Waals surface area contributed by atoms with Crippen LogP contribution in [-0.2, 0) is 0 Å². The Morgan fingerprint density at radius 3 is 0.731 bits per heavy atom. The van der Waals surface area contributed by atoms with Gasteiger partial charge in [0.15, 0.2) is 0 Å². The second-order valence-corrected chi connectivity index (χ2v) is 10.2. The maximum Gasteiger partial charge on any atom is 3.00 e. The molecule has 0 saturated carbocycles. The van der Waals surface area contributed by atoms with E-state index < -0.39 is 17.7 Å². The molecule has 0 aliphatic carbocycles. The fourth-order valence-corrected chi connectivity index (χ4v) is 4.14. The van der Waals surface area contributed by atoms with Crippen LogP contribution in [0.4, 0.5) is 17.1 Å². The van der Waals surface area contributed by atoms with E-state index >= 15 is 0 Å². The van der Waals surface area contributed by atoms with Gasteiger partial charge in [0.2, 0.25) is 17.7 Å². The summed E-state index contributed by atoms with van der Waals surface area (Å²) in [5.74, 6) is -1.65. The van der Waals surface area contributed by atoms with Crippen LogP contribution in [0.25, 0.3) is 0 Å². The molecule has 0 saturated heterocycles. The number of nitrogens with zero attached hydrogens (tertiary/aromatic N) is 3. The molecule has 2 radical (unpaired) electrons. The van der Waals surface area contributed by atoms with Crippen LogP contribution >= 0.6 is 0 Å². The molecule has 1 N–H and O–H groups in total. The first-order chi connectivity index (χ1) is 24.8. The van der Waals surface area contributed by atoms with E-state index in [-0.39, 0.29) is 32.8 Å². The van der Waals surface area contributed by atoms with E-state index in [1.165, 1.54) is 0 Å². The Balaban J connectivity index is 0.000000257. The first-order valence-electron chi connectivity index (χ1n) is 15.7. The molecule has 6 aromatic rings. The molecule has 0 fully saturated rings. The summed E-state index contributed by atoms with van der Waals surface area (Å²) in [6.07, 6.45) is 0. The molecule has 52 heavy (non-hydrogen) atoms. The summed E-state index contributed by atoms with van der Waals surface area (Å²) in [6.45, 7) is 1.93. The summed E-state index contributed by atoms with van der Waals surface area (Å²) in [6, 6.07) is 50.8. The van der Waals surface area contributed by atoms with E-state index in [9.17, 15) is 30.0 Å². The van der Waals surface area contributed by atoms with Gasteiger partial charge in [0.05, 0.1) is 0 Å². The minimum Gasteiger partial charge on any atom is -0.751 e. The maximum absolute atomic E-state index is 11.8. The topological polar surface area (TPSA) is 150 Å². The average molecular weight is 892 g/mol. The summed E-state index contributed by atoms with van der Waals surface area (Å²) in [5, 5.41) is 43.9. The number of hydroxylamine groups is 3. The number of amides is 3. The SMILES string of the molecule is CCO.O=C(c1ccccc1)N([O-])c1ccccc1.O=C(c1ccccc1)N([O-])c1ccccc1.O=C(c1ccccc1)N([O-])c1ccccc1.[Bi+3]. The van der Waals surface area contributed by atoms with E-state index in [2.05, 4.69) is 0 Å². The molecular formula is C41H36BiN3O7. The predicted octanol–water partition coefficient (Wildman–Crippen LogP) is 8.11. The Morgan fingerprint density at radius 2 is 0.558 bits per heavy atom. The van der Waals surface area contributed by atoms with Crippen LogP contribution in [0.2, 0.25) is 0 Å². The molecule has 11 heteroatoms. The first-order valence-corrected chi connectivity index (χ1v) is 15.7. The van der Waals surface area contributed by atoms with Crippen LogP contribution < -0.4 is 15.2 Å². The van der Waals surface area contributed by atoms with Gasteiger partial charge in [0.25, 0.3) is 0 Å². The Kier molecular flexibility index (Phi) is 19.5. The monoisotopic (exact) mass is 891 g/mol. The van der Waals surface area contributed by atoms with Crippen LogP contribution in [0, 0.1) is 15.6 Å². The Morgan fingerprint density at radius 1 is 0.404 bits per heavy atom. The molecule has 0 bridgehead atoms. The van der Waals surface area contributed by atoms with Crippen LogP contribution in [0.5, 0.6) is 0 Å². The molecule has 0 unspecified atom stereocenters. The molecule has 6 aromatic carbocycles. The summed E-state index contributed by atoms with van der Waals surface area (Å²) < 4.78 is 0. The zero-order chi connectivity index (χ0) is 36.8. The van der Waals surface area contributed by atoms with Crippen molar-refractivity contribution in [3.63, 3.8) is 0 Å². The number of carbonyl (C=O) groups is 3. The van der Waals surface area contributed by atoms with Gasteiger partial charge >= 0.3 is 26.2 Å². The van der Waals surface area contributed by atoms with E-state index in [1.54, 1.807) is 189 Å². The average Bonchev–Trinajstić information content (AvgIpc) is 3.22. The van der Waals surface area contributed by atoms with Crippen molar-refractivity contribution >= 4 is 61.0 Å². The van der Waals surface area contributed by atoms with Crippen molar-refractivity contribution in [2.75, 3.05) is 21.8 Å². The van der Waals surface area contributed by atoms with Gasteiger partial charge in [-0.05, 0) is 79.7 Å². The van der Waals surface area contributed by atoms with Crippen LogP contribution in [0.1, 0.15) is 38.0 Å². The van der Waals surface area contributed by atoms with Gasteiger partial charge in [0.1, 0.15) is 0 Å². The second kappa shape index (κ2) is 23.8. The Labute approximate surface area is 322 Å². The van der Waals surface area contributed by atoms with Gasteiger partial charge in [-0.1, -0.05) is 109 Å². The number of hydrogen-bond donors (Lipinski definition) is 1. The zero-order valence-electron chi connectivity index (χ0n) is 28.2. The van der Waals surface area contributed by atoms with Gasteiger partial charge < -0.3 is 35.9 Å². The third kappa shape index (κ3) is 13.6. The number of benzene rings is 6. The Hall–Kier alpha value is -5.55. The number of para-hydroxylation sites is 3. The molecule has 0 heterocycles. The summed E-state index contributed by atoms with van der Waals surface area (Å²) in [5.41, 5.74) is 2.20. The van der Waals surface area contributed by atoms with E-state index in [4.69, 9.17) is 5.11 Å². The summed E-state index contributed by atoms with van der Waals surface area (Å²) >= 11 is 0. The van der Waals surface area contributed by atoms with Gasteiger partial charge in [0, 0.05) is 40.4 Å². The van der Waals surface area contributed by atoms with Crippen molar-refractivity contribution in [2.24, 2.45) is 0 Å². The minimum atomic E-state index is -0.549. The van der Waals surface area contributed by atoms with Crippen molar-refractivity contribution in [3.05, 3.63) is 214 Å². The number of rotatable bonds is 6. The summed E-state index contributed by atoms with van der Waals surface area (Å²) in [7, 11) is 0. The summed E-state index contributed by atoms with van der Waals surface area (Å²) in [4.78, 5) is 35.3. The molecule has 3 amide bonds. The smallest absolute Gasteiger partial charge is 0.751 e. The third-order valence-corrected chi connectivity index (χ3v) is 6.59.